The lowest BCUT2D eigenvalue weighted by molar-refractivity contribution is 0.0787. The van der Waals surface area contributed by atoms with Crippen molar-refractivity contribution in [1.29, 1.82) is 0 Å². The molecule has 0 spiro atoms. The molecule has 1 atom stereocenters. The number of carbonyl (C=O) groups excluding carboxylic acids is 1. The monoisotopic (exact) mass is 312 g/mol. The highest BCUT2D eigenvalue weighted by molar-refractivity contribution is 6.32. The smallest absolute Gasteiger partial charge is 0.254 e. The van der Waals surface area contributed by atoms with Crippen LogP contribution in [-0.4, -0.2) is 44.2 Å². The molecule has 0 aromatic heterocycles. The molecular weight excluding hydrogens is 292 g/mol. The summed E-state index contributed by atoms with van der Waals surface area (Å²) in [4.78, 5) is 14.3. The molecule has 1 aliphatic heterocycles. The number of rotatable bonds is 5. The minimum Gasteiger partial charge on any atom is -0.493 e. The molecule has 1 aromatic carbocycles. The largest absolute Gasteiger partial charge is 0.493 e. The predicted molar refractivity (Wildman–Crippen MR) is 82.2 cm³/mol. The van der Waals surface area contributed by atoms with Gasteiger partial charge in [-0.15, -0.1) is 0 Å². The molecule has 5 nitrogen and oxygen atoms in total. The lowest BCUT2D eigenvalue weighted by atomic mass is 10.1. The van der Waals surface area contributed by atoms with E-state index in [1.165, 1.54) is 7.11 Å². The summed E-state index contributed by atoms with van der Waals surface area (Å²) >= 11 is 6.20. The van der Waals surface area contributed by atoms with Crippen molar-refractivity contribution in [2.24, 2.45) is 11.7 Å². The van der Waals surface area contributed by atoms with Crippen molar-refractivity contribution in [2.45, 2.75) is 13.3 Å². The highest BCUT2D eigenvalue weighted by Gasteiger charge is 2.27. The summed E-state index contributed by atoms with van der Waals surface area (Å²) in [5, 5.41) is 0.383. The second-order valence-corrected chi connectivity index (χ2v) is 5.47. The SMILES string of the molecule is CCOc1c(Cl)cc(C(=O)N2CC[C@H](CN)C2)cc1OC. The minimum absolute atomic E-state index is 0.0470. The van der Waals surface area contributed by atoms with Crippen LogP contribution in [0.1, 0.15) is 23.7 Å². The Hall–Kier alpha value is -1.46. The van der Waals surface area contributed by atoms with Crippen LogP contribution in [0.15, 0.2) is 12.1 Å². The molecule has 1 amide bonds. The number of benzene rings is 1. The topological polar surface area (TPSA) is 64.8 Å². The quantitative estimate of drug-likeness (QED) is 0.905. The maximum atomic E-state index is 12.5. The molecule has 1 heterocycles. The van der Waals surface area contributed by atoms with Crippen molar-refractivity contribution in [3.63, 3.8) is 0 Å². The van der Waals surface area contributed by atoms with Crippen LogP contribution in [0.5, 0.6) is 11.5 Å². The number of ether oxygens (including phenoxy) is 2. The first kappa shape index (κ1) is 15.9. The maximum Gasteiger partial charge on any atom is 0.254 e. The van der Waals surface area contributed by atoms with E-state index in [-0.39, 0.29) is 5.91 Å². The van der Waals surface area contributed by atoms with Gasteiger partial charge in [0.2, 0.25) is 0 Å². The van der Waals surface area contributed by atoms with Crippen molar-refractivity contribution < 1.29 is 14.3 Å². The van der Waals surface area contributed by atoms with Gasteiger partial charge in [0.25, 0.3) is 5.91 Å². The molecule has 1 saturated heterocycles. The van der Waals surface area contributed by atoms with E-state index < -0.39 is 0 Å². The molecule has 1 aromatic rings. The summed E-state index contributed by atoms with van der Waals surface area (Å²) in [5.41, 5.74) is 6.17. The maximum absolute atomic E-state index is 12.5. The van der Waals surface area contributed by atoms with Gasteiger partial charge >= 0.3 is 0 Å². The van der Waals surface area contributed by atoms with Gasteiger partial charge in [0.05, 0.1) is 18.7 Å². The molecule has 0 radical (unpaired) electrons. The predicted octanol–water partition coefficient (Wildman–Crippen LogP) is 2.17. The van der Waals surface area contributed by atoms with Crippen LogP contribution in [-0.2, 0) is 0 Å². The molecular formula is C15H21ClN2O3. The number of hydrogen-bond donors (Lipinski definition) is 1. The molecule has 1 fully saturated rings. The number of likely N-dealkylation sites (tertiary alicyclic amines) is 1. The molecule has 0 unspecified atom stereocenters. The molecule has 21 heavy (non-hydrogen) atoms. The van der Waals surface area contributed by atoms with E-state index in [0.717, 1.165) is 13.0 Å². The van der Waals surface area contributed by atoms with E-state index in [2.05, 4.69) is 0 Å². The van der Waals surface area contributed by atoms with Crippen molar-refractivity contribution in [3.8, 4) is 11.5 Å². The zero-order chi connectivity index (χ0) is 15.4. The van der Waals surface area contributed by atoms with Gasteiger partial charge in [-0.05, 0) is 37.9 Å². The fraction of sp³-hybridized carbons (Fsp3) is 0.533. The van der Waals surface area contributed by atoms with E-state index >= 15 is 0 Å². The molecule has 6 heteroatoms. The average molecular weight is 313 g/mol. The molecule has 0 aliphatic carbocycles. The van der Waals surface area contributed by atoms with E-state index in [9.17, 15) is 4.79 Å². The third kappa shape index (κ3) is 3.41. The lowest BCUT2D eigenvalue weighted by Gasteiger charge is -2.18. The van der Waals surface area contributed by atoms with E-state index in [4.69, 9.17) is 26.8 Å². The number of amides is 1. The zero-order valence-electron chi connectivity index (χ0n) is 12.4. The Morgan fingerprint density at radius 2 is 2.29 bits per heavy atom. The van der Waals surface area contributed by atoms with Gasteiger partial charge in [0.1, 0.15) is 0 Å². The average Bonchev–Trinajstić information content (AvgIpc) is 2.97. The van der Waals surface area contributed by atoms with Gasteiger partial charge < -0.3 is 20.1 Å². The van der Waals surface area contributed by atoms with Crippen LogP contribution >= 0.6 is 11.6 Å². The van der Waals surface area contributed by atoms with Gasteiger partial charge in [-0.1, -0.05) is 11.6 Å². The van der Waals surface area contributed by atoms with Crippen LogP contribution in [0.4, 0.5) is 0 Å². The third-order valence-electron chi connectivity index (χ3n) is 3.67. The van der Waals surface area contributed by atoms with Crippen molar-refractivity contribution in [1.82, 2.24) is 4.90 Å². The Labute approximate surface area is 130 Å². The first-order valence-corrected chi connectivity index (χ1v) is 7.48. The van der Waals surface area contributed by atoms with Crippen LogP contribution in [0.2, 0.25) is 5.02 Å². The van der Waals surface area contributed by atoms with Gasteiger partial charge in [-0.3, -0.25) is 4.79 Å². The Kier molecular flexibility index (Phi) is 5.31. The summed E-state index contributed by atoms with van der Waals surface area (Å²) in [5.74, 6) is 1.28. The normalized spacial score (nSPS) is 17.9. The third-order valence-corrected chi connectivity index (χ3v) is 3.95. The van der Waals surface area contributed by atoms with Crippen molar-refractivity contribution >= 4 is 17.5 Å². The van der Waals surface area contributed by atoms with Crippen LogP contribution in [0, 0.1) is 5.92 Å². The van der Waals surface area contributed by atoms with Gasteiger partial charge in [0.15, 0.2) is 11.5 Å². The molecule has 0 saturated carbocycles. The number of nitrogens with zero attached hydrogens (tertiary/aromatic N) is 1. The molecule has 1 aliphatic rings. The highest BCUT2D eigenvalue weighted by atomic mass is 35.5. The van der Waals surface area contributed by atoms with Crippen molar-refractivity contribution in [3.05, 3.63) is 22.7 Å². The Morgan fingerprint density at radius 1 is 1.52 bits per heavy atom. The summed E-state index contributed by atoms with van der Waals surface area (Å²) in [7, 11) is 1.53. The molecule has 2 rings (SSSR count). The summed E-state index contributed by atoms with van der Waals surface area (Å²) in [6.45, 7) is 4.38. The molecule has 0 bridgehead atoms. The van der Waals surface area contributed by atoms with Crippen molar-refractivity contribution in [2.75, 3.05) is 33.4 Å². The fourth-order valence-corrected chi connectivity index (χ4v) is 2.79. The number of methoxy groups -OCH3 is 1. The Morgan fingerprint density at radius 3 is 2.86 bits per heavy atom. The van der Waals surface area contributed by atoms with E-state index in [0.29, 0.717) is 47.7 Å². The first-order chi connectivity index (χ1) is 10.1. The summed E-state index contributed by atoms with van der Waals surface area (Å²) < 4.78 is 10.7. The van der Waals surface area contributed by atoms with E-state index in [1.54, 1.807) is 12.1 Å². The van der Waals surface area contributed by atoms with Crippen LogP contribution < -0.4 is 15.2 Å². The highest BCUT2D eigenvalue weighted by Crippen LogP contribution is 2.37. The van der Waals surface area contributed by atoms with Gasteiger partial charge in [-0.2, -0.15) is 0 Å². The Bertz CT molecular complexity index is 522. The number of halogens is 1. The standard InChI is InChI=1S/C15H21ClN2O3/c1-3-21-14-12(16)6-11(7-13(14)20-2)15(19)18-5-4-10(8-17)9-18/h6-7,10H,3-5,8-9,17H2,1-2H3/t10-/m1/s1. The zero-order valence-corrected chi connectivity index (χ0v) is 13.2. The summed E-state index contributed by atoms with van der Waals surface area (Å²) in [6, 6.07) is 3.31. The molecule has 116 valence electrons. The minimum atomic E-state index is -0.0470. The fourth-order valence-electron chi connectivity index (χ4n) is 2.52. The molecule has 2 N–H and O–H groups in total. The summed E-state index contributed by atoms with van der Waals surface area (Å²) in [6.07, 6.45) is 0.949. The Balaban J connectivity index is 2.24. The van der Waals surface area contributed by atoms with Gasteiger partial charge in [-0.25, -0.2) is 0 Å². The number of carbonyl (C=O) groups is 1. The van der Waals surface area contributed by atoms with E-state index in [1.807, 2.05) is 11.8 Å². The van der Waals surface area contributed by atoms with Crippen LogP contribution in [0.25, 0.3) is 0 Å². The number of hydrogen-bond acceptors (Lipinski definition) is 4. The van der Waals surface area contributed by atoms with Crippen LogP contribution in [0.3, 0.4) is 0 Å². The lowest BCUT2D eigenvalue weighted by Crippen LogP contribution is -2.29. The second-order valence-electron chi connectivity index (χ2n) is 5.06. The number of nitrogens with two attached hydrogens (primary N) is 1. The second kappa shape index (κ2) is 7.00. The first-order valence-electron chi connectivity index (χ1n) is 7.10. The van der Waals surface area contributed by atoms with Gasteiger partial charge in [0, 0.05) is 18.7 Å².